The molecule has 0 atom stereocenters. The maximum atomic E-state index is 12.6. The maximum Gasteiger partial charge on any atom is 0.261 e. The van der Waals surface area contributed by atoms with Crippen LogP contribution in [0.15, 0.2) is 53.3 Å². The van der Waals surface area contributed by atoms with Crippen LogP contribution in [0.3, 0.4) is 0 Å². The average Bonchev–Trinajstić information content (AvgIpc) is 2.51. The highest BCUT2D eigenvalue weighted by atomic mass is 16.3. The highest BCUT2D eigenvalue weighted by molar-refractivity contribution is 5.80. The fourth-order valence-electron chi connectivity index (χ4n) is 2.34. The Bertz CT molecular complexity index is 856. The van der Waals surface area contributed by atoms with Crippen molar-refractivity contribution in [3.63, 3.8) is 0 Å². The molecule has 0 unspecified atom stereocenters. The number of aliphatic hydroxyl groups excluding tert-OH is 1. The molecular formula is C16H14N2O3. The molecule has 21 heavy (non-hydrogen) atoms. The molecule has 0 fully saturated rings. The van der Waals surface area contributed by atoms with Crippen LogP contribution in [0.1, 0.15) is 0 Å². The fourth-order valence-corrected chi connectivity index (χ4v) is 2.34. The van der Waals surface area contributed by atoms with Gasteiger partial charge in [0.15, 0.2) is 0 Å². The van der Waals surface area contributed by atoms with Crippen LogP contribution in [0, 0.1) is 0 Å². The zero-order chi connectivity index (χ0) is 14.8. The second-order valence-electron chi connectivity index (χ2n) is 4.65. The highest BCUT2D eigenvalue weighted by Crippen LogP contribution is 2.27. The van der Waals surface area contributed by atoms with Crippen LogP contribution in [0.4, 0.5) is 0 Å². The van der Waals surface area contributed by atoms with Crippen molar-refractivity contribution in [2.75, 3.05) is 6.61 Å². The first kappa shape index (κ1) is 13.3. The molecule has 0 saturated carbocycles. The lowest BCUT2D eigenvalue weighted by atomic mass is 10.1. The van der Waals surface area contributed by atoms with Crippen molar-refractivity contribution in [1.29, 1.82) is 0 Å². The number of hydrogen-bond donors (Lipinski definition) is 2. The lowest BCUT2D eigenvalue weighted by Gasteiger charge is -2.13. The van der Waals surface area contributed by atoms with Gasteiger partial charge in [-0.2, -0.15) is 0 Å². The topological polar surface area (TPSA) is 75.3 Å². The molecule has 0 bridgehead atoms. The fraction of sp³-hybridized carbons (Fsp3) is 0.125. The number of phenols is 1. The lowest BCUT2D eigenvalue weighted by Crippen LogP contribution is -2.25. The van der Waals surface area contributed by atoms with Crippen molar-refractivity contribution >= 4 is 10.9 Å². The Labute approximate surface area is 120 Å². The maximum absolute atomic E-state index is 12.6. The van der Waals surface area contributed by atoms with E-state index in [0.717, 1.165) is 0 Å². The van der Waals surface area contributed by atoms with E-state index >= 15 is 0 Å². The van der Waals surface area contributed by atoms with E-state index in [9.17, 15) is 15.0 Å². The Hall–Kier alpha value is -2.66. The predicted molar refractivity (Wildman–Crippen MR) is 80.2 cm³/mol. The second kappa shape index (κ2) is 5.38. The molecule has 3 rings (SSSR count). The predicted octanol–water partition coefficient (Wildman–Crippen LogP) is 1.76. The molecule has 2 N–H and O–H groups in total. The van der Waals surface area contributed by atoms with Gasteiger partial charge in [-0.3, -0.25) is 9.36 Å². The van der Waals surface area contributed by atoms with Gasteiger partial charge in [0.2, 0.25) is 0 Å². The van der Waals surface area contributed by atoms with E-state index in [2.05, 4.69) is 4.98 Å². The number of rotatable bonds is 3. The summed E-state index contributed by atoms with van der Waals surface area (Å²) in [4.78, 5) is 17.0. The van der Waals surface area contributed by atoms with Crippen LogP contribution in [-0.2, 0) is 6.54 Å². The SMILES string of the molecule is O=c1c2ccccc2nc(-c2ccccc2O)n1CCO. The third-order valence-electron chi connectivity index (χ3n) is 3.33. The summed E-state index contributed by atoms with van der Waals surface area (Å²) in [5.41, 5.74) is 0.802. The van der Waals surface area contributed by atoms with Crippen LogP contribution in [-0.4, -0.2) is 26.4 Å². The molecule has 1 heterocycles. The second-order valence-corrected chi connectivity index (χ2v) is 4.65. The summed E-state index contributed by atoms with van der Waals surface area (Å²) in [7, 11) is 0. The molecule has 3 aromatic rings. The van der Waals surface area contributed by atoms with Crippen LogP contribution < -0.4 is 5.56 Å². The van der Waals surface area contributed by atoms with E-state index < -0.39 is 0 Å². The first-order valence-electron chi connectivity index (χ1n) is 6.61. The standard InChI is InChI=1S/C16H14N2O3/c19-10-9-18-15(12-6-2-4-8-14(12)20)17-13-7-3-1-5-11(13)16(18)21/h1-8,19-20H,9-10H2. The van der Waals surface area contributed by atoms with Gasteiger partial charge in [0.1, 0.15) is 11.6 Å². The molecule has 106 valence electrons. The van der Waals surface area contributed by atoms with E-state index in [1.807, 2.05) is 0 Å². The molecule has 0 aliphatic heterocycles. The normalized spacial score (nSPS) is 10.9. The molecule has 0 saturated heterocycles. The Kier molecular flexibility index (Phi) is 3.41. The number of para-hydroxylation sites is 2. The molecule has 0 spiro atoms. The highest BCUT2D eigenvalue weighted by Gasteiger charge is 2.14. The zero-order valence-electron chi connectivity index (χ0n) is 11.2. The number of nitrogens with zero attached hydrogens (tertiary/aromatic N) is 2. The van der Waals surface area contributed by atoms with Crippen LogP contribution in [0.2, 0.25) is 0 Å². The number of aliphatic hydroxyl groups is 1. The van der Waals surface area contributed by atoms with Gasteiger partial charge in [0, 0.05) is 0 Å². The Morgan fingerprint density at radius 3 is 2.52 bits per heavy atom. The number of phenolic OH excluding ortho intramolecular Hbond substituents is 1. The minimum Gasteiger partial charge on any atom is -0.507 e. The molecule has 0 aliphatic rings. The van der Waals surface area contributed by atoms with Crippen molar-refractivity contribution in [1.82, 2.24) is 9.55 Å². The van der Waals surface area contributed by atoms with E-state index in [4.69, 9.17) is 0 Å². The molecule has 1 aromatic heterocycles. The first-order valence-corrected chi connectivity index (χ1v) is 6.61. The van der Waals surface area contributed by atoms with Crippen molar-refractivity contribution in [3.8, 4) is 17.1 Å². The van der Waals surface area contributed by atoms with E-state index in [-0.39, 0.29) is 24.5 Å². The van der Waals surface area contributed by atoms with E-state index in [1.54, 1.807) is 48.5 Å². The largest absolute Gasteiger partial charge is 0.507 e. The Morgan fingerprint density at radius 1 is 1.05 bits per heavy atom. The number of fused-ring (bicyclic) bond motifs is 1. The van der Waals surface area contributed by atoms with Gasteiger partial charge in [-0.05, 0) is 24.3 Å². The molecule has 5 heteroatoms. The summed E-state index contributed by atoms with van der Waals surface area (Å²) in [5.74, 6) is 0.400. The number of benzene rings is 2. The lowest BCUT2D eigenvalue weighted by molar-refractivity contribution is 0.274. The molecule has 2 aromatic carbocycles. The Balaban J connectivity index is 2.38. The van der Waals surface area contributed by atoms with Gasteiger partial charge in [-0.25, -0.2) is 4.98 Å². The van der Waals surface area contributed by atoms with Crippen LogP contribution >= 0.6 is 0 Å². The van der Waals surface area contributed by atoms with Crippen LogP contribution in [0.25, 0.3) is 22.3 Å². The van der Waals surface area contributed by atoms with Crippen molar-refractivity contribution in [2.45, 2.75) is 6.54 Å². The summed E-state index contributed by atoms with van der Waals surface area (Å²) in [6.45, 7) is -0.0547. The minimum atomic E-state index is -0.229. The first-order chi connectivity index (χ1) is 10.2. The molecule has 0 radical (unpaired) electrons. The van der Waals surface area contributed by atoms with Crippen molar-refractivity contribution < 1.29 is 10.2 Å². The van der Waals surface area contributed by atoms with Gasteiger partial charge in [-0.1, -0.05) is 24.3 Å². The number of hydrogen-bond acceptors (Lipinski definition) is 4. The molecule has 0 amide bonds. The zero-order valence-corrected chi connectivity index (χ0v) is 11.2. The van der Waals surface area contributed by atoms with Gasteiger partial charge < -0.3 is 10.2 Å². The minimum absolute atomic E-state index is 0.0476. The molecule has 5 nitrogen and oxygen atoms in total. The third kappa shape index (κ3) is 2.28. The number of aromatic hydroxyl groups is 1. The summed E-state index contributed by atoms with van der Waals surface area (Å²) in [6, 6.07) is 13.7. The molecular weight excluding hydrogens is 268 g/mol. The Morgan fingerprint density at radius 2 is 1.76 bits per heavy atom. The van der Waals surface area contributed by atoms with Gasteiger partial charge in [0.05, 0.1) is 29.6 Å². The van der Waals surface area contributed by atoms with Crippen LogP contribution in [0.5, 0.6) is 5.75 Å². The van der Waals surface area contributed by atoms with Crippen molar-refractivity contribution in [2.24, 2.45) is 0 Å². The van der Waals surface area contributed by atoms with Crippen molar-refractivity contribution in [3.05, 3.63) is 58.9 Å². The third-order valence-corrected chi connectivity index (χ3v) is 3.33. The van der Waals surface area contributed by atoms with Gasteiger partial charge >= 0.3 is 0 Å². The summed E-state index contributed by atoms with van der Waals surface area (Å²) in [5, 5.41) is 19.7. The smallest absolute Gasteiger partial charge is 0.261 e. The van der Waals surface area contributed by atoms with Gasteiger partial charge in [-0.15, -0.1) is 0 Å². The summed E-state index contributed by atoms with van der Waals surface area (Å²) < 4.78 is 1.39. The summed E-state index contributed by atoms with van der Waals surface area (Å²) >= 11 is 0. The average molecular weight is 282 g/mol. The monoisotopic (exact) mass is 282 g/mol. The van der Waals surface area contributed by atoms with Gasteiger partial charge in [0.25, 0.3) is 5.56 Å². The molecule has 0 aliphatic carbocycles. The number of aromatic nitrogens is 2. The van der Waals surface area contributed by atoms with E-state index in [1.165, 1.54) is 4.57 Å². The quantitative estimate of drug-likeness (QED) is 0.767. The van der Waals surface area contributed by atoms with E-state index in [0.29, 0.717) is 22.3 Å². The summed E-state index contributed by atoms with van der Waals surface area (Å²) in [6.07, 6.45) is 0.